The van der Waals surface area contributed by atoms with Gasteiger partial charge in [-0.15, -0.1) is 11.8 Å². The topological polar surface area (TPSA) is 98.5 Å². The van der Waals surface area contributed by atoms with Crippen molar-refractivity contribution in [1.29, 1.82) is 5.26 Å². The second-order valence-corrected chi connectivity index (χ2v) is 7.23. The lowest BCUT2D eigenvalue weighted by molar-refractivity contribution is -0.140. The maximum absolute atomic E-state index is 12.3. The van der Waals surface area contributed by atoms with Gasteiger partial charge in [-0.25, -0.2) is 8.42 Å². The fourth-order valence-electron chi connectivity index (χ4n) is 1.87. The fourth-order valence-corrected chi connectivity index (χ4v) is 5.17. The molecule has 1 aromatic rings. The Morgan fingerprint density at radius 3 is 2.65 bits per heavy atom. The van der Waals surface area contributed by atoms with Crippen molar-refractivity contribution in [3.05, 3.63) is 35.4 Å². The predicted molar refractivity (Wildman–Crippen MR) is 74.4 cm³/mol. The van der Waals surface area contributed by atoms with Gasteiger partial charge in [0.05, 0.1) is 23.3 Å². The third-order valence-electron chi connectivity index (χ3n) is 2.92. The summed E-state index contributed by atoms with van der Waals surface area (Å²) in [6, 6.07) is 7.17. The molecule has 106 valence electrons. The maximum Gasteiger partial charge on any atom is 0.322 e. The highest BCUT2D eigenvalue weighted by atomic mass is 32.2. The molecule has 1 aliphatic rings. The molecule has 1 saturated heterocycles. The third-order valence-corrected chi connectivity index (χ3v) is 5.89. The first-order valence-electron chi connectivity index (χ1n) is 5.73. The molecule has 6 nitrogen and oxygen atoms in total. The molecule has 0 spiro atoms. The molecule has 1 aromatic carbocycles. The molecule has 1 N–H and O–H groups in total. The van der Waals surface area contributed by atoms with E-state index in [4.69, 9.17) is 10.4 Å². The maximum atomic E-state index is 12.3. The Bertz CT molecular complexity index is 649. The lowest BCUT2D eigenvalue weighted by Gasteiger charge is -2.20. The number of carboxylic acids is 1. The molecule has 0 aromatic heterocycles. The van der Waals surface area contributed by atoms with Crippen LogP contribution >= 0.6 is 11.8 Å². The zero-order valence-corrected chi connectivity index (χ0v) is 12.0. The molecule has 8 heteroatoms. The van der Waals surface area contributed by atoms with E-state index in [2.05, 4.69) is 0 Å². The Hall–Kier alpha value is -1.56. The minimum absolute atomic E-state index is 0.162. The van der Waals surface area contributed by atoms with E-state index in [0.717, 1.165) is 4.31 Å². The van der Waals surface area contributed by atoms with E-state index in [0.29, 0.717) is 11.1 Å². The number of thioether (sulfide) groups is 1. The van der Waals surface area contributed by atoms with Crippen LogP contribution in [0.25, 0.3) is 0 Å². The van der Waals surface area contributed by atoms with Crippen LogP contribution in [-0.4, -0.2) is 41.5 Å². The standard InChI is InChI=1S/C12H12N2O4S2/c13-5-9-1-3-10(4-2-9)7-20(17,18)14-8-19-6-11(14)12(15)16/h1-4,11H,6-8H2,(H,15,16). The molecule has 1 atom stereocenters. The highest BCUT2D eigenvalue weighted by molar-refractivity contribution is 8.00. The van der Waals surface area contributed by atoms with Crippen LogP contribution < -0.4 is 0 Å². The van der Waals surface area contributed by atoms with Crippen LogP contribution in [0, 0.1) is 11.3 Å². The van der Waals surface area contributed by atoms with Gasteiger partial charge >= 0.3 is 5.97 Å². The van der Waals surface area contributed by atoms with Gasteiger partial charge in [0.25, 0.3) is 0 Å². The normalized spacial score (nSPS) is 19.6. The summed E-state index contributed by atoms with van der Waals surface area (Å²) in [5, 5.41) is 17.7. The molecule has 1 unspecified atom stereocenters. The minimum Gasteiger partial charge on any atom is -0.480 e. The Kier molecular flexibility index (Phi) is 4.32. The van der Waals surface area contributed by atoms with Gasteiger partial charge in [0.1, 0.15) is 6.04 Å². The van der Waals surface area contributed by atoms with E-state index < -0.39 is 22.0 Å². The number of rotatable bonds is 4. The van der Waals surface area contributed by atoms with Gasteiger partial charge < -0.3 is 5.11 Å². The summed E-state index contributed by atoms with van der Waals surface area (Å²) >= 11 is 1.28. The number of nitriles is 1. The highest BCUT2D eigenvalue weighted by Gasteiger charge is 2.39. The summed E-state index contributed by atoms with van der Waals surface area (Å²) in [6.07, 6.45) is 0. The van der Waals surface area contributed by atoms with Crippen LogP contribution in [-0.2, 0) is 20.6 Å². The fraction of sp³-hybridized carbons (Fsp3) is 0.333. The minimum atomic E-state index is -3.68. The number of benzene rings is 1. The molecule has 0 aliphatic carbocycles. The van der Waals surface area contributed by atoms with E-state index in [9.17, 15) is 13.2 Å². The second-order valence-electron chi connectivity index (χ2n) is 4.31. The van der Waals surface area contributed by atoms with Crippen molar-refractivity contribution in [3.63, 3.8) is 0 Å². The Labute approximate surface area is 121 Å². The van der Waals surface area contributed by atoms with Gasteiger partial charge in [-0.05, 0) is 17.7 Å². The summed E-state index contributed by atoms with van der Waals surface area (Å²) in [6.45, 7) is 0. The summed E-state index contributed by atoms with van der Waals surface area (Å²) in [5.41, 5.74) is 0.983. The van der Waals surface area contributed by atoms with E-state index in [1.165, 1.54) is 23.9 Å². The summed E-state index contributed by atoms with van der Waals surface area (Å²) in [5.74, 6) is -0.959. The summed E-state index contributed by atoms with van der Waals surface area (Å²) < 4.78 is 25.5. The van der Waals surface area contributed by atoms with Gasteiger partial charge in [0.15, 0.2) is 0 Å². The summed E-state index contributed by atoms with van der Waals surface area (Å²) in [7, 11) is -3.68. The lowest BCUT2D eigenvalue weighted by atomic mass is 10.2. The quantitative estimate of drug-likeness (QED) is 0.885. The van der Waals surface area contributed by atoms with Gasteiger partial charge in [-0.1, -0.05) is 12.1 Å². The van der Waals surface area contributed by atoms with E-state index >= 15 is 0 Å². The van der Waals surface area contributed by atoms with Gasteiger partial charge in [0, 0.05) is 5.75 Å². The number of hydrogen-bond donors (Lipinski definition) is 1. The predicted octanol–water partition coefficient (Wildman–Crippen LogP) is 0.848. The van der Waals surface area contributed by atoms with E-state index in [1.807, 2.05) is 6.07 Å². The van der Waals surface area contributed by atoms with Crippen LogP contribution in [0.1, 0.15) is 11.1 Å². The van der Waals surface area contributed by atoms with Crippen molar-refractivity contribution in [2.24, 2.45) is 0 Å². The molecule has 1 heterocycles. The number of hydrogen-bond acceptors (Lipinski definition) is 5. The van der Waals surface area contributed by atoms with Crippen LogP contribution in [0.5, 0.6) is 0 Å². The molecule has 1 aliphatic heterocycles. The Balaban J connectivity index is 2.18. The van der Waals surface area contributed by atoms with Crippen molar-refractivity contribution in [2.45, 2.75) is 11.8 Å². The van der Waals surface area contributed by atoms with Crippen molar-refractivity contribution in [1.82, 2.24) is 4.31 Å². The number of aliphatic carboxylic acids is 1. The average Bonchev–Trinajstić information content (AvgIpc) is 2.89. The third kappa shape index (κ3) is 3.12. The molecular formula is C12H12N2O4S2. The molecule has 1 fully saturated rings. The first-order valence-corrected chi connectivity index (χ1v) is 8.49. The zero-order chi connectivity index (χ0) is 14.8. The number of nitrogens with zero attached hydrogens (tertiary/aromatic N) is 2. The van der Waals surface area contributed by atoms with Crippen molar-refractivity contribution in [2.75, 3.05) is 11.6 Å². The van der Waals surface area contributed by atoms with Gasteiger partial charge in [-0.3, -0.25) is 4.79 Å². The first kappa shape index (κ1) is 14.8. The average molecular weight is 312 g/mol. The molecule has 0 radical (unpaired) electrons. The Morgan fingerprint density at radius 2 is 2.10 bits per heavy atom. The largest absolute Gasteiger partial charge is 0.480 e. The molecule has 0 amide bonds. The van der Waals surface area contributed by atoms with Crippen molar-refractivity contribution >= 4 is 27.8 Å². The van der Waals surface area contributed by atoms with Crippen molar-refractivity contribution in [3.8, 4) is 6.07 Å². The van der Waals surface area contributed by atoms with Crippen LogP contribution in [0.15, 0.2) is 24.3 Å². The lowest BCUT2D eigenvalue weighted by Crippen LogP contribution is -2.42. The van der Waals surface area contributed by atoms with E-state index in [1.54, 1.807) is 12.1 Å². The van der Waals surface area contributed by atoms with Crippen LogP contribution in [0.2, 0.25) is 0 Å². The summed E-state index contributed by atoms with van der Waals surface area (Å²) in [4.78, 5) is 11.0. The number of carbonyl (C=O) groups is 1. The molecular weight excluding hydrogens is 300 g/mol. The molecule has 20 heavy (non-hydrogen) atoms. The monoisotopic (exact) mass is 312 g/mol. The van der Waals surface area contributed by atoms with E-state index in [-0.39, 0.29) is 17.4 Å². The Morgan fingerprint density at radius 1 is 1.45 bits per heavy atom. The number of carboxylic acid groups (broad SMARTS) is 1. The molecule has 0 saturated carbocycles. The second kappa shape index (κ2) is 5.83. The number of sulfonamides is 1. The van der Waals surface area contributed by atoms with Crippen LogP contribution in [0.4, 0.5) is 0 Å². The van der Waals surface area contributed by atoms with Gasteiger partial charge in [-0.2, -0.15) is 9.57 Å². The van der Waals surface area contributed by atoms with Crippen molar-refractivity contribution < 1.29 is 18.3 Å². The molecule has 2 rings (SSSR count). The zero-order valence-electron chi connectivity index (χ0n) is 10.4. The molecule has 0 bridgehead atoms. The SMILES string of the molecule is N#Cc1ccc(CS(=O)(=O)N2CSCC2C(=O)O)cc1. The van der Waals surface area contributed by atoms with Gasteiger partial charge in [0.2, 0.25) is 10.0 Å². The smallest absolute Gasteiger partial charge is 0.322 e. The highest BCUT2D eigenvalue weighted by Crippen LogP contribution is 2.26. The first-order chi connectivity index (χ1) is 9.44. The van der Waals surface area contributed by atoms with Crippen LogP contribution in [0.3, 0.4) is 0 Å².